The average molecular weight is 264 g/mol. The average Bonchev–Trinajstić information content (AvgIpc) is 2.45. The lowest BCUT2D eigenvalue weighted by molar-refractivity contribution is 0.616. The summed E-state index contributed by atoms with van der Waals surface area (Å²) in [6.45, 7) is 7.36. The van der Waals surface area contributed by atoms with E-state index in [0.29, 0.717) is 0 Å². The van der Waals surface area contributed by atoms with Gasteiger partial charge in [-0.2, -0.15) is 9.97 Å². The highest BCUT2D eigenvalue weighted by atomic mass is 15.2. The van der Waals surface area contributed by atoms with Crippen LogP contribution in [0, 0.1) is 0 Å². The molecule has 1 aromatic rings. The zero-order valence-corrected chi connectivity index (χ0v) is 12.7. The standard InChI is InChI=1S/C15H28N4/c1-4-7-8-9-10-11-12-16-15-18-13(5-2)17-14(6-3)19-15/h4-12H2,1-3H3,(H,16,17,18,19). The molecule has 0 radical (unpaired) electrons. The van der Waals surface area contributed by atoms with Crippen molar-refractivity contribution in [3.63, 3.8) is 0 Å². The van der Waals surface area contributed by atoms with Crippen LogP contribution in [0.15, 0.2) is 0 Å². The minimum Gasteiger partial charge on any atom is -0.354 e. The molecule has 0 spiro atoms. The molecule has 0 saturated carbocycles. The number of nitrogens with one attached hydrogen (secondary N) is 1. The fourth-order valence-corrected chi connectivity index (χ4v) is 1.97. The molecule has 108 valence electrons. The fraction of sp³-hybridized carbons (Fsp3) is 0.800. The monoisotopic (exact) mass is 264 g/mol. The molecule has 0 aliphatic carbocycles. The predicted octanol–water partition coefficient (Wildman–Crippen LogP) is 3.77. The Bertz CT molecular complexity index is 330. The first kappa shape index (κ1) is 15.9. The summed E-state index contributed by atoms with van der Waals surface area (Å²) in [5.41, 5.74) is 0. The van der Waals surface area contributed by atoms with E-state index in [9.17, 15) is 0 Å². The van der Waals surface area contributed by atoms with Gasteiger partial charge in [-0.3, -0.25) is 0 Å². The molecule has 0 aromatic carbocycles. The van der Waals surface area contributed by atoms with Crippen LogP contribution in [0.2, 0.25) is 0 Å². The third-order valence-corrected chi connectivity index (χ3v) is 3.17. The third kappa shape index (κ3) is 6.50. The number of aryl methyl sites for hydroxylation is 2. The van der Waals surface area contributed by atoms with Gasteiger partial charge in [-0.1, -0.05) is 52.9 Å². The van der Waals surface area contributed by atoms with E-state index in [1.54, 1.807) is 0 Å². The predicted molar refractivity (Wildman–Crippen MR) is 80.4 cm³/mol. The van der Waals surface area contributed by atoms with Crippen molar-refractivity contribution in [2.24, 2.45) is 0 Å². The second kappa shape index (κ2) is 9.70. The summed E-state index contributed by atoms with van der Waals surface area (Å²) >= 11 is 0. The fourth-order valence-electron chi connectivity index (χ4n) is 1.97. The van der Waals surface area contributed by atoms with E-state index in [1.165, 1.54) is 38.5 Å². The Hall–Kier alpha value is -1.19. The Balaban J connectivity index is 2.28. The van der Waals surface area contributed by atoms with Gasteiger partial charge < -0.3 is 5.32 Å². The minimum atomic E-state index is 0.747. The highest BCUT2D eigenvalue weighted by Crippen LogP contribution is 2.06. The van der Waals surface area contributed by atoms with E-state index in [0.717, 1.165) is 37.0 Å². The number of hydrogen-bond acceptors (Lipinski definition) is 4. The summed E-state index contributed by atoms with van der Waals surface area (Å²) in [4.78, 5) is 13.2. The first-order valence-corrected chi connectivity index (χ1v) is 7.77. The highest BCUT2D eigenvalue weighted by Gasteiger charge is 2.03. The van der Waals surface area contributed by atoms with Crippen LogP contribution in [0.5, 0.6) is 0 Å². The normalized spacial score (nSPS) is 10.7. The molecular formula is C15H28N4. The van der Waals surface area contributed by atoms with Crippen molar-refractivity contribution in [3.8, 4) is 0 Å². The Labute approximate surface area is 117 Å². The Kier molecular flexibility index (Phi) is 8.10. The van der Waals surface area contributed by atoms with E-state index in [1.807, 2.05) is 0 Å². The molecule has 0 saturated heterocycles. The third-order valence-electron chi connectivity index (χ3n) is 3.17. The van der Waals surface area contributed by atoms with Gasteiger partial charge in [0.2, 0.25) is 5.95 Å². The van der Waals surface area contributed by atoms with Crippen LogP contribution >= 0.6 is 0 Å². The maximum Gasteiger partial charge on any atom is 0.226 e. The largest absolute Gasteiger partial charge is 0.354 e. The molecule has 0 bridgehead atoms. The van der Waals surface area contributed by atoms with Crippen LogP contribution in [0.1, 0.15) is 70.9 Å². The molecule has 1 N–H and O–H groups in total. The van der Waals surface area contributed by atoms with Gasteiger partial charge in [-0.05, 0) is 6.42 Å². The molecular weight excluding hydrogens is 236 g/mol. The molecule has 4 heteroatoms. The van der Waals surface area contributed by atoms with Crippen LogP contribution in [0.25, 0.3) is 0 Å². The van der Waals surface area contributed by atoms with Gasteiger partial charge in [0.1, 0.15) is 11.6 Å². The van der Waals surface area contributed by atoms with Crippen LogP contribution < -0.4 is 5.32 Å². The van der Waals surface area contributed by atoms with Crippen molar-refractivity contribution in [1.82, 2.24) is 15.0 Å². The Morgan fingerprint density at radius 3 is 1.89 bits per heavy atom. The number of nitrogens with zero attached hydrogens (tertiary/aromatic N) is 3. The number of hydrogen-bond donors (Lipinski definition) is 1. The van der Waals surface area contributed by atoms with Crippen molar-refractivity contribution in [2.75, 3.05) is 11.9 Å². The summed E-state index contributed by atoms with van der Waals surface area (Å²) in [6.07, 6.45) is 9.58. The van der Waals surface area contributed by atoms with Gasteiger partial charge in [0.15, 0.2) is 0 Å². The van der Waals surface area contributed by atoms with E-state index >= 15 is 0 Å². The SMILES string of the molecule is CCCCCCCCNc1nc(CC)nc(CC)n1. The zero-order chi connectivity index (χ0) is 13.9. The number of unbranched alkanes of at least 4 members (excludes halogenated alkanes) is 5. The van der Waals surface area contributed by atoms with Crippen molar-refractivity contribution >= 4 is 5.95 Å². The van der Waals surface area contributed by atoms with Crippen LogP contribution in [0.4, 0.5) is 5.95 Å². The molecule has 4 nitrogen and oxygen atoms in total. The van der Waals surface area contributed by atoms with Crippen molar-refractivity contribution in [3.05, 3.63) is 11.6 Å². The number of rotatable bonds is 10. The topological polar surface area (TPSA) is 50.7 Å². The molecule has 0 aliphatic heterocycles. The number of aromatic nitrogens is 3. The molecule has 1 heterocycles. The van der Waals surface area contributed by atoms with E-state index in [4.69, 9.17) is 0 Å². The minimum absolute atomic E-state index is 0.747. The Morgan fingerprint density at radius 2 is 1.32 bits per heavy atom. The first-order valence-electron chi connectivity index (χ1n) is 7.77. The molecule has 0 amide bonds. The van der Waals surface area contributed by atoms with Gasteiger partial charge >= 0.3 is 0 Å². The van der Waals surface area contributed by atoms with Crippen LogP contribution in [0.3, 0.4) is 0 Å². The molecule has 0 atom stereocenters. The summed E-state index contributed by atoms with van der Waals surface area (Å²) in [5, 5.41) is 3.32. The second-order valence-corrected chi connectivity index (χ2v) is 4.89. The van der Waals surface area contributed by atoms with Crippen LogP contribution in [-0.4, -0.2) is 21.5 Å². The van der Waals surface area contributed by atoms with Crippen molar-refractivity contribution < 1.29 is 0 Å². The molecule has 0 fully saturated rings. The summed E-state index contributed by atoms with van der Waals surface area (Å²) in [7, 11) is 0. The lowest BCUT2D eigenvalue weighted by Gasteiger charge is -2.07. The molecule has 1 rings (SSSR count). The summed E-state index contributed by atoms with van der Waals surface area (Å²) in [5.74, 6) is 2.52. The lowest BCUT2D eigenvalue weighted by atomic mass is 10.1. The maximum atomic E-state index is 4.41. The maximum absolute atomic E-state index is 4.41. The summed E-state index contributed by atoms with van der Waals surface area (Å²) < 4.78 is 0. The number of anilines is 1. The van der Waals surface area contributed by atoms with E-state index in [2.05, 4.69) is 41.0 Å². The van der Waals surface area contributed by atoms with Gasteiger partial charge in [0.25, 0.3) is 0 Å². The lowest BCUT2D eigenvalue weighted by Crippen LogP contribution is -2.10. The van der Waals surface area contributed by atoms with Gasteiger partial charge in [-0.15, -0.1) is 0 Å². The first-order chi connectivity index (χ1) is 9.30. The molecule has 19 heavy (non-hydrogen) atoms. The van der Waals surface area contributed by atoms with Crippen LogP contribution in [-0.2, 0) is 12.8 Å². The Morgan fingerprint density at radius 1 is 0.737 bits per heavy atom. The smallest absolute Gasteiger partial charge is 0.226 e. The van der Waals surface area contributed by atoms with Gasteiger partial charge in [0, 0.05) is 19.4 Å². The van der Waals surface area contributed by atoms with E-state index in [-0.39, 0.29) is 0 Å². The highest BCUT2D eigenvalue weighted by molar-refractivity contribution is 5.24. The van der Waals surface area contributed by atoms with Gasteiger partial charge in [0.05, 0.1) is 0 Å². The van der Waals surface area contributed by atoms with Gasteiger partial charge in [-0.25, -0.2) is 4.98 Å². The quantitative estimate of drug-likeness (QED) is 0.654. The summed E-state index contributed by atoms with van der Waals surface area (Å²) in [6, 6.07) is 0. The van der Waals surface area contributed by atoms with Crippen molar-refractivity contribution in [2.45, 2.75) is 72.1 Å². The van der Waals surface area contributed by atoms with Crippen molar-refractivity contribution in [1.29, 1.82) is 0 Å². The molecule has 0 aliphatic rings. The second-order valence-electron chi connectivity index (χ2n) is 4.89. The van der Waals surface area contributed by atoms with E-state index < -0.39 is 0 Å². The zero-order valence-electron chi connectivity index (χ0n) is 12.7. The molecule has 1 aromatic heterocycles. The molecule has 0 unspecified atom stereocenters.